The van der Waals surface area contributed by atoms with Crippen molar-refractivity contribution < 1.29 is 0 Å². The van der Waals surface area contributed by atoms with Crippen LogP contribution in [0.4, 0.5) is 0 Å². The molecule has 0 bridgehead atoms. The van der Waals surface area contributed by atoms with Gasteiger partial charge in [0.2, 0.25) is 0 Å². The van der Waals surface area contributed by atoms with Crippen molar-refractivity contribution in [2.24, 2.45) is 0 Å². The quantitative estimate of drug-likeness (QED) is 0.733. The first-order chi connectivity index (χ1) is 9.21. The topological polar surface area (TPSA) is 17.8 Å². The van der Waals surface area contributed by atoms with Crippen LogP contribution in [0.3, 0.4) is 0 Å². The number of fused-ring (bicyclic) bond motifs is 1. The number of thioether (sulfide) groups is 1. The van der Waals surface area contributed by atoms with Gasteiger partial charge < -0.3 is 4.57 Å². The van der Waals surface area contributed by atoms with Gasteiger partial charge in [-0.15, -0.1) is 11.6 Å². The van der Waals surface area contributed by atoms with E-state index in [2.05, 4.69) is 42.9 Å². The second-order valence-electron chi connectivity index (χ2n) is 4.85. The summed E-state index contributed by atoms with van der Waals surface area (Å²) in [6.45, 7) is 4.38. The Kier molecular flexibility index (Phi) is 5.17. The molecule has 0 saturated heterocycles. The number of rotatable bonds is 6. The van der Waals surface area contributed by atoms with Crippen LogP contribution in [0.25, 0.3) is 11.0 Å². The number of benzene rings is 1. The molecule has 1 aromatic carbocycles. The number of hydrogen-bond donors (Lipinski definition) is 0. The SMILES string of the molecule is CCC(CSC)n1c(CCCl)nc2ccc(C)cc21. The molecule has 0 aliphatic heterocycles. The molecule has 0 radical (unpaired) electrons. The molecule has 0 N–H and O–H groups in total. The van der Waals surface area contributed by atoms with Crippen molar-refractivity contribution in [3.05, 3.63) is 29.6 Å². The molecule has 0 spiro atoms. The largest absolute Gasteiger partial charge is 0.324 e. The Morgan fingerprint density at radius 3 is 2.84 bits per heavy atom. The Labute approximate surface area is 124 Å². The molecule has 1 aromatic heterocycles. The van der Waals surface area contributed by atoms with Crippen molar-refractivity contribution in [3.63, 3.8) is 0 Å². The average Bonchev–Trinajstić information content (AvgIpc) is 2.74. The molecule has 0 amide bonds. The van der Waals surface area contributed by atoms with Crippen LogP contribution >= 0.6 is 23.4 Å². The summed E-state index contributed by atoms with van der Waals surface area (Å²) in [5.74, 6) is 2.86. The van der Waals surface area contributed by atoms with Crippen LogP contribution in [-0.2, 0) is 6.42 Å². The highest BCUT2D eigenvalue weighted by molar-refractivity contribution is 7.98. The van der Waals surface area contributed by atoms with E-state index in [-0.39, 0.29) is 0 Å². The van der Waals surface area contributed by atoms with Crippen LogP contribution in [-0.4, -0.2) is 27.4 Å². The Hall–Kier alpha value is -0.670. The van der Waals surface area contributed by atoms with Gasteiger partial charge in [0.15, 0.2) is 0 Å². The second-order valence-corrected chi connectivity index (χ2v) is 6.14. The van der Waals surface area contributed by atoms with E-state index >= 15 is 0 Å². The monoisotopic (exact) mass is 296 g/mol. The normalized spacial score (nSPS) is 13.1. The van der Waals surface area contributed by atoms with Crippen LogP contribution in [0, 0.1) is 6.92 Å². The van der Waals surface area contributed by atoms with Crippen LogP contribution in [0.2, 0.25) is 0 Å². The molecule has 0 aliphatic carbocycles. The summed E-state index contributed by atoms with van der Waals surface area (Å²) >= 11 is 7.82. The first kappa shape index (κ1) is 14.7. The minimum Gasteiger partial charge on any atom is -0.324 e. The maximum atomic E-state index is 5.93. The van der Waals surface area contributed by atoms with E-state index in [4.69, 9.17) is 16.6 Å². The van der Waals surface area contributed by atoms with Crippen molar-refractivity contribution >= 4 is 34.4 Å². The molecule has 104 valence electrons. The zero-order chi connectivity index (χ0) is 13.8. The van der Waals surface area contributed by atoms with Gasteiger partial charge in [-0.1, -0.05) is 13.0 Å². The Balaban J connectivity index is 2.58. The number of aromatic nitrogens is 2. The molecule has 0 aliphatic rings. The third kappa shape index (κ3) is 3.09. The van der Waals surface area contributed by atoms with Gasteiger partial charge in [-0.2, -0.15) is 11.8 Å². The summed E-state index contributed by atoms with van der Waals surface area (Å²) in [5, 5.41) is 0. The lowest BCUT2D eigenvalue weighted by molar-refractivity contribution is 0.533. The standard InChI is InChI=1S/C15H21ClN2S/c1-4-12(10-19-3)18-14-9-11(2)5-6-13(14)17-15(18)7-8-16/h5-6,9,12H,4,7-8,10H2,1-3H3. The lowest BCUT2D eigenvalue weighted by atomic mass is 10.2. The molecule has 1 heterocycles. The van der Waals surface area contributed by atoms with E-state index in [1.807, 2.05) is 11.8 Å². The van der Waals surface area contributed by atoms with Gasteiger partial charge in [0, 0.05) is 24.1 Å². The summed E-state index contributed by atoms with van der Waals surface area (Å²) in [4.78, 5) is 4.76. The molecule has 0 saturated carbocycles. The van der Waals surface area contributed by atoms with Gasteiger partial charge in [-0.25, -0.2) is 4.98 Å². The Bertz CT molecular complexity index is 550. The molecule has 1 unspecified atom stereocenters. The zero-order valence-corrected chi connectivity index (χ0v) is 13.4. The van der Waals surface area contributed by atoms with Crippen LogP contribution in [0.1, 0.15) is 30.8 Å². The van der Waals surface area contributed by atoms with Crippen molar-refractivity contribution in [1.29, 1.82) is 0 Å². The molecule has 2 rings (SSSR count). The van der Waals surface area contributed by atoms with Gasteiger partial charge in [0.25, 0.3) is 0 Å². The zero-order valence-electron chi connectivity index (χ0n) is 11.8. The number of aryl methyl sites for hydroxylation is 2. The van der Waals surface area contributed by atoms with Crippen molar-refractivity contribution in [2.75, 3.05) is 17.9 Å². The van der Waals surface area contributed by atoms with E-state index in [1.165, 1.54) is 11.1 Å². The molecule has 19 heavy (non-hydrogen) atoms. The molecule has 0 fully saturated rings. The number of halogens is 1. The number of imidazole rings is 1. The van der Waals surface area contributed by atoms with Gasteiger partial charge in [-0.3, -0.25) is 0 Å². The third-order valence-corrected chi connectivity index (χ3v) is 4.34. The predicted molar refractivity (Wildman–Crippen MR) is 86.6 cm³/mol. The average molecular weight is 297 g/mol. The van der Waals surface area contributed by atoms with E-state index in [9.17, 15) is 0 Å². The highest BCUT2D eigenvalue weighted by Gasteiger charge is 2.17. The molecular weight excluding hydrogens is 276 g/mol. The minimum atomic E-state index is 0.500. The molecule has 4 heteroatoms. The lowest BCUT2D eigenvalue weighted by Gasteiger charge is -2.19. The first-order valence-corrected chi connectivity index (χ1v) is 8.66. The summed E-state index contributed by atoms with van der Waals surface area (Å²) in [6.07, 6.45) is 4.12. The van der Waals surface area contributed by atoms with Crippen molar-refractivity contribution in [2.45, 2.75) is 32.7 Å². The lowest BCUT2D eigenvalue weighted by Crippen LogP contribution is -2.14. The summed E-state index contributed by atoms with van der Waals surface area (Å²) in [7, 11) is 0. The van der Waals surface area contributed by atoms with Crippen LogP contribution < -0.4 is 0 Å². The summed E-state index contributed by atoms with van der Waals surface area (Å²) < 4.78 is 2.40. The number of alkyl halides is 1. The van der Waals surface area contributed by atoms with Crippen LogP contribution in [0.5, 0.6) is 0 Å². The smallest absolute Gasteiger partial charge is 0.111 e. The van der Waals surface area contributed by atoms with Crippen molar-refractivity contribution in [1.82, 2.24) is 9.55 Å². The third-order valence-electron chi connectivity index (χ3n) is 3.43. The predicted octanol–water partition coefficient (Wildman–Crippen LogP) is 4.44. The molecule has 2 aromatic rings. The summed E-state index contributed by atoms with van der Waals surface area (Å²) in [5.41, 5.74) is 3.62. The molecular formula is C15H21ClN2S. The van der Waals surface area contributed by atoms with E-state index in [1.54, 1.807) is 0 Å². The maximum Gasteiger partial charge on any atom is 0.111 e. The van der Waals surface area contributed by atoms with E-state index in [0.29, 0.717) is 11.9 Å². The van der Waals surface area contributed by atoms with Gasteiger partial charge in [-0.05, 0) is 37.3 Å². The fourth-order valence-electron chi connectivity index (χ4n) is 2.49. The summed E-state index contributed by atoms with van der Waals surface area (Å²) in [6, 6.07) is 6.98. The fourth-order valence-corrected chi connectivity index (χ4v) is 3.43. The van der Waals surface area contributed by atoms with Gasteiger partial charge in [0.05, 0.1) is 11.0 Å². The fraction of sp³-hybridized carbons (Fsp3) is 0.533. The number of nitrogens with zero attached hydrogens (tertiary/aromatic N) is 2. The minimum absolute atomic E-state index is 0.500. The Morgan fingerprint density at radius 1 is 1.42 bits per heavy atom. The first-order valence-electron chi connectivity index (χ1n) is 6.73. The van der Waals surface area contributed by atoms with Crippen LogP contribution in [0.15, 0.2) is 18.2 Å². The number of hydrogen-bond acceptors (Lipinski definition) is 2. The van der Waals surface area contributed by atoms with Gasteiger partial charge in [0.1, 0.15) is 5.82 Å². The maximum absolute atomic E-state index is 5.93. The van der Waals surface area contributed by atoms with Crippen molar-refractivity contribution in [3.8, 4) is 0 Å². The molecule has 2 nitrogen and oxygen atoms in total. The van der Waals surface area contributed by atoms with E-state index in [0.717, 1.165) is 29.9 Å². The van der Waals surface area contributed by atoms with E-state index < -0.39 is 0 Å². The Morgan fingerprint density at radius 2 is 2.21 bits per heavy atom. The highest BCUT2D eigenvalue weighted by Crippen LogP contribution is 2.26. The second kappa shape index (κ2) is 6.67. The van der Waals surface area contributed by atoms with Gasteiger partial charge >= 0.3 is 0 Å². The molecule has 1 atom stereocenters. The highest BCUT2D eigenvalue weighted by atomic mass is 35.5.